The second kappa shape index (κ2) is 8.58. The lowest BCUT2D eigenvalue weighted by Crippen LogP contribution is -2.14. The van der Waals surface area contributed by atoms with Gasteiger partial charge in [0.25, 0.3) is 0 Å². The van der Waals surface area contributed by atoms with Crippen LogP contribution in [0.15, 0.2) is 60.8 Å². The summed E-state index contributed by atoms with van der Waals surface area (Å²) < 4.78 is 37.8. The maximum Gasteiger partial charge on any atom is 0.416 e. The van der Waals surface area contributed by atoms with Crippen LogP contribution in [-0.4, -0.2) is 21.6 Å². The molecule has 0 aliphatic heterocycles. The van der Waals surface area contributed by atoms with Gasteiger partial charge in [0.05, 0.1) is 23.3 Å². The minimum Gasteiger partial charge on any atom is -0.387 e. The van der Waals surface area contributed by atoms with Crippen molar-refractivity contribution in [1.29, 1.82) is 5.26 Å². The van der Waals surface area contributed by atoms with E-state index in [9.17, 15) is 18.3 Å². The molecule has 148 valence electrons. The lowest BCUT2D eigenvalue weighted by Gasteiger charge is -2.14. The zero-order valence-electron chi connectivity index (χ0n) is 15.0. The number of halogens is 3. The summed E-state index contributed by atoms with van der Waals surface area (Å²) in [6, 6.07) is 14.8. The van der Waals surface area contributed by atoms with Gasteiger partial charge in [-0.25, -0.2) is 4.98 Å². The summed E-state index contributed by atoms with van der Waals surface area (Å²) in [6.07, 6.45) is -3.93. The van der Waals surface area contributed by atoms with Crippen LogP contribution in [0, 0.1) is 11.3 Å². The van der Waals surface area contributed by atoms with E-state index in [4.69, 9.17) is 5.26 Å². The minimum absolute atomic E-state index is 0.0474. The van der Waals surface area contributed by atoms with Gasteiger partial charge in [0, 0.05) is 18.4 Å². The van der Waals surface area contributed by atoms with Crippen LogP contribution in [0.25, 0.3) is 0 Å². The first-order chi connectivity index (χ1) is 13.8. The highest BCUT2D eigenvalue weighted by Crippen LogP contribution is 2.30. The second-order valence-electron chi connectivity index (χ2n) is 6.10. The molecule has 0 bridgehead atoms. The van der Waals surface area contributed by atoms with E-state index in [2.05, 4.69) is 20.6 Å². The van der Waals surface area contributed by atoms with Crippen LogP contribution in [0.3, 0.4) is 0 Å². The van der Waals surface area contributed by atoms with Gasteiger partial charge < -0.3 is 15.7 Å². The number of hydrogen-bond acceptors (Lipinski definition) is 6. The molecule has 1 aromatic heterocycles. The third-order valence-corrected chi connectivity index (χ3v) is 4.00. The first-order valence-corrected chi connectivity index (χ1v) is 8.54. The molecule has 29 heavy (non-hydrogen) atoms. The Morgan fingerprint density at radius 3 is 2.55 bits per heavy atom. The van der Waals surface area contributed by atoms with Crippen LogP contribution in [0.2, 0.25) is 0 Å². The number of alkyl halides is 3. The van der Waals surface area contributed by atoms with E-state index in [0.717, 1.165) is 12.1 Å². The summed E-state index contributed by atoms with van der Waals surface area (Å²) in [5, 5.41) is 25.0. The number of nitrogens with zero attached hydrogens (tertiary/aromatic N) is 3. The van der Waals surface area contributed by atoms with Gasteiger partial charge >= 0.3 is 6.18 Å². The van der Waals surface area contributed by atoms with E-state index in [1.54, 1.807) is 30.3 Å². The average Bonchev–Trinajstić information content (AvgIpc) is 2.72. The Morgan fingerprint density at radius 1 is 1.10 bits per heavy atom. The molecule has 0 saturated heterocycles. The lowest BCUT2D eigenvalue weighted by molar-refractivity contribution is -0.137. The Kier molecular flexibility index (Phi) is 5.95. The standard InChI is InChI=1S/C20H16F3N5O/c21-20(22,23)15-6-4-14(5-7-15)17(29)12-26-18-8-9-25-19(28-18)27-16-3-1-2-13(10-16)11-24/h1-10,17,29H,12H2,(H2,25,26,27,28). The van der Waals surface area contributed by atoms with Gasteiger partial charge in [-0.05, 0) is 42.0 Å². The van der Waals surface area contributed by atoms with Crippen molar-refractivity contribution >= 4 is 17.5 Å². The maximum atomic E-state index is 12.6. The molecule has 9 heteroatoms. The topological polar surface area (TPSA) is 93.9 Å². The molecule has 0 saturated carbocycles. The zero-order chi connectivity index (χ0) is 20.9. The van der Waals surface area contributed by atoms with Gasteiger partial charge in [0.15, 0.2) is 0 Å². The molecule has 0 amide bonds. The smallest absolute Gasteiger partial charge is 0.387 e. The van der Waals surface area contributed by atoms with Crippen molar-refractivity contribution in [3.05, 3.63) is 77.5 Å². The second-order valence-corrected chi connectivity index (χ2v) is 6.10. The molecule has 0 aliphatic rings. The van der Waals surface area contributed by atoms with E-state index >= 15 is 0 Å². The monoisotopic (exact) mass is 399 g/mol. The van der Waals surface area contributed by atoms with Crippen molar-refractivity contribution < 1.29 is 18.3 Å². The fourth-order valence-corrected chi connectivity index (χ4v) is 2.53. The lowest BCUT2D eigenvalue weighted by atomic mass is 10.1. The van der Waals surface area contributed by atoms with E-state index in [-0.39, 0.29) is 12.5 Å². The summed E-state index contributed by atoms with van der Waals surface area (Å²) in [5.74, 6) is 0.707. The SMILES string of the molecule is N#Cc1cccc(Nc2nccc(NCC(O)c3ccc(C(F)(F)F)cc3)n2)c1. The highest BCUT2D eigenvalue weighted by molar-refractivity contribution is 5.57. The first kappa shape index (κ1) is 20.1. The fourth-order valence-electron chi connectivity index (χ4n) is 2.53. The molecule has 2 aromatic carbocycles. The van der Waals surface area contributed by atoms with E-state index in [0.29, 0.717) is 22.6 Å². The van der Waals surface area contributed by atoms with Gasteiger partial charge in [-0.3, -0.25) is 0 Å². The summed E-state index contributed by atoms with van der Waals surface area (Å²) in [5.41, 5.74) is 0.717. The van der Waals surface area contributed by atoms with E-state index in [1.165, 1.54) is 18.3 Å². The zero-order valence-corrected chi connectivity index (χ0v) is 15.0. The molecular weight excluding hydrogens is 383 g/mol. The first-order valence-electron chi connectivity index (χ1n) is 8.54. The third-order valence-electron chi connectivity index (χ3n) is 4.00. The van der Waals surface area contributed by atoms with Crippen LogP contribution in [-0.2, 0) is 6.18 Å². The Balaban J connectivity index is 1.62. The molecule has 1 heterocycles. The molecule has 0 aliphatic carbocycles. The minimum atomic E-state index is -4.42. The number of nitrogens with one attached hydrogen (secondary N) is 2. The van der Waals surface area contributed by atoms with Crippen molar-refractivity contribution in [2.24, 2.45) is 0 Å². The van der Waals surface area contributed by atoms with Gasteiger partial charge in [-0.15, -0.1) is 0 Å². The van der Waals surface area contributed by atoms with Crippen LogP contribution in [0.4, 0.5) is 30.6 Å². The summed E-state index contributed by atoms with van der Waals surface area (Å²) in [4.78, 5) is 8.35. The van der Waals surface area contributed by atoms with Crippen molar-refractivity contribution in [2.75, 3.05) is 17.2 Å². The molecule has 0 spiro atoms. The van der Waals surface area contributed by atoms with Gasteiger partial charge in [-0.1, -0.05) is 18.2 Å². The molecular formula is C20H16F3N5O. The molecule has 3 N–H and O–H groups in total. The summed E-state index contributed by atoms with van der Waals surface area (Å²) >= 11 is 0. The molecule has 0 radical (unpaired) electrons. The molecule has 0 fully saturated rings. The molecule has 6 nitrogen and oxygen atoms in total. The number of aromatic nitrogens is 2. The highest BCUT2D eigenvalue weighted by atomic mass is 19.4. The number of anilines is 3. The summed E-state index contributed by atoms with van der Waals surface area (Å²) in [6.45, 7) is 0.0474. The van der Waals surface area contributed by atoms with Gasteiger partial charge in [0.1, 0.15) is 5.82 Å². The predicted molar refractivity (Wildman–Crippen MR) is 101 cm³/mol. The normalized spacial score (nSPS) is 12.1. The van der Waals surface area contributed by atoms with Crippen molar-refractivity contribution in [3.63, 3.8) is 0 Å². The number of rotatable bonds is 6. The fraction of sp³-hybridized carbons (Fsp3) is 0.150. The summed E-state index contributed by atoms with van der Waals surface area (Å²) in [7, 11) is 0. The van der Waals surface area contributed by atoms with E-state index < -0.39 is 17.8 Å². The van der Waals surface area contributed by atoms with Gasteiger partial charge in [-0.2, -0.15) is 23.4 Å². The van der Waals surface area contributed by atoms with Crippen molar-refractivity contribution in [1.82, 2.24) is 9.97 Å². The molecule has 3 rings (SSSR count). The van der Waals surface area contributed by atoms with Gasteiger partial charge in [0.2, 0.25) is 5.95 Å². The van der Waals surface area contributed by atoms with E-state index in [1.807, 2.05) is 6.07 Å². The predicted octanol–water partition coefficient (Wildman–Crippen LogP) is 4.26. The molecule has 1 atom stereocenters. The number of aliphatic hydroxyl groups is 1. The Morgan fingerprint density at radius 2 is 1.86 bits per heavy atom. The average molecular weight is 399 g/mol. The Bertz CT molecular complexity index is 1020. The third kappa shape index (κ3) is 5.43. The quantitative estimate of drug-likeness (QED) is 0.574. The molecule has 3 aromatic rings. The van der Waals surface area contributed by atoms with Crippen LogP contribution < -0.4 is 10.6 Å². The number of nitriles is 1. The molecule has 1 unspecified atom stereocenters. The number of aliphatic hydroxyl groups excluding tert-OH is 1. The van der Waals surface area contributed by atoms with Crippen molar-refractivity contribution in [2.45, 2.75) is 12.3 Å². The largest absolute Gasteiger partial charge is 0.416 e. The number of hydrogen-bond donors (Lipinski definition) is 3. The Hall–Kier alpha value is -3.64. The van der Waals surface area contributed by atoms with Crippen molar-refractivity contribution in [3.8, 4) is 6.07 Å². The van der Waals surface area contributed by atoms with Crippen LogP contribution in [0.1, 0.15) is 22.8 Å². The Labute approximate surface area is 164 Å². The maximum absolute atomic E-state index is 12.6. The van der Waals surface area contributed by atoms with Crippen LogP contribution >= 0.6 is 0 Å². The number of benzene rings is 2. The van der Waals surface area contributed by atoms with Crippen LogP contribution in [0.5, 0.6) is 0 Å². The highest BCUT2D eigenvalue weighted by Gasteiger charge is 2.30.